The van der Waals surface area contributed by atoms with E-state index in [9.17, 15) is 17.9 Å². The van der Waals surface area contributed by atoms with Crippen molar-refractivity contribution in [3.8, 4) is 5.75 Å². The van der Waals surface area contributed by atoms with Gasteiger partial charge in [0.15, 0.2) is 0 Å². The van der Waals surface area contributed by atoms with Gasteiger partial charge in [-0.15, -0.1) is 0 Å². The van der Waals surface area contributed by atoms with Crippen LogP contribution in [0.5, 0.6) is 5.75 Å². The van der Waals surface area contributed by atoms with Crippen LogP contribution in [0.1, 0.15) is 18.1 Å². The first kappa shape index (κ1) is 15.8. The number of rotatable bonds is 3. The van der Waals surface area contributed by atoms with Gasteiger partial charge in [-0.05, 0) is 36.8 Å². The van der Waals surface area contributed by atoms with Crippen molar-refractivity contribution >= 4 is 15.7 Å². The third-order valence-corrected chi connectivity index (χ3v) is 5.70. The van der Waals surface area contributed by atoms with E-state index in [1.54, 1.807) is 18.2 Å². The fourth-order valence-electron chi connectivity index (χ4n) is 2.65. The quantitative estimate of drug-likeness (QED) is 0.934. The molecule has 5 nitrogen and oxygen atoms in total. The standard InChI is InChI=1S/C16H16FNO4S/c1-22-12-4-7-14-15(10-12)18(9-8-16(14)19)23(20,21)13-5-2-11(17)3-6-13/h2-7,10,16,19H,8-9H2,1H3. The number of hydrogen-bond acceptors (Lipinski definition) is 4. The third kappa shape index (κ3) is 2.77. The van der Waals surface area contributed by atoms with Crippen LogP contribution < -0.4 is 9.04 Å². The maximum Gasteiger partial charge on any atom is 0.264 e. The number of anilines is 1. The molecular formula is C16H16FNO4S. The number of benzene rings is 2. The summed E-state index contributed by atoms with van der Waals surface area (Å²) >= 11 is 0. The van der Waals surface area contributed by atoms with E-state index in [1.807, 2.05) is 0 Å². The highest BCUT2D eigenvalue weighted by Crippen LogP contribution is 2.39. The van der Waals surface area contributed by atoms with Crippen molar-refractivity contribution in [2.75, 3.05) is 18.0 Å². The second-order valence-electron chi connectivity index (χ2n) is 5.26. The number of halogens is 1. The van der Waals surface area contributed by atoms with Gasteiger partial charge in [-0.2, -0.15) is 0 Å². The largest absolute Gasteiger partial charge is 0.497 e. The lowest BCUT2D eigenvalue weighted by atomic mass is 10.0. The lowest BCUT2D eigenvalue weighted by molar-refractivity contribution is 0.166. The highest BCUT2D eigenvalue weighted by atomic mass is 32.2. The van der Waals surface area contributed by atoms with Gasteiger partial charge in [0.1, 0.15) is 11.6 Å². The SMILES string of the molecule is COc1ccc2c(c1)N(S(=O)(=O)c1ccc(F)cc1)CCC2O. The maximum atomic E-state index is 13.0. The fraction of sp³-hybridized carbons (Fsp3) is 0.250. The summed E-state index contributed by atoms with van der Waals surface area (Å²) in [6.07, 6.45) is -0.435. The van der Waals surface area contributed by atoms with Gasteiger partial charge in [0, 0.05) is 18.2 Å². The van der Waals surface area contributed by atoms with E-state index in [2.05, 4.69) is 0 Å². The number of methoxy groups -OCH3 is 1. The molecule has 0 aliphatic carbocycles. The zero-order valence-corrected chi connectivity index (χ0v) is 13.3. The minimum atomic E-state index is -3.84. The van der Waals surface area contributed by atoms with Crippen LogP contribution in [0.25, 0.3) is 0 Å². The van der Waals surface area contributed by atoms with Gasteiger partial charge < -0.3 is 9.84 Å². The lowest BCUT2D eigenvalue weighted by Gasteiger charge is -2.33. The molecule has 7 heteroatoms. The molecule has 1 N–H and O–H groups in total. The molecule has 23 heavy (non-hydrogen) atoms. The summed E-state index contributed by atoms with van der Waals surface area (Å²) in [6.45, 7) is 0.140. The Morgan fingerprint density at radius 1 is 1.22 bits per heavy atom. The molecule has 1 unspecified atom stereocenters. The van der Waals surface area contributed by atoms with Gasteiger partial charge in [-0.3, -0.25) is 4.31 Å². The Morgan fingerprint density at radius 2 is 1.91 bits per heavy atom. The van der Waals surface area contributed by atoms with Crippen molar-refractivity contribution in [1.82, 2.24) is 0 Å². The molecule has 0 amide bonds. The number of fused-ring (bicyclic) bond motifs is 1. The Hall–Kier alpha value is -2.12. The number of aliphatic hydroxyl groups excluding tert-OH is 1. The number of sulfonamides is 1. The molecule has 122 valence electrons. The Bertz CT molecular complexity index is 820. The highest BCUT2D eigenvalue weighted by molar-refractivity contribution is 7.92. The maximum absolute atomic E-state index is 13.0. The van der Waals surface area contributed by atoms with E-state index < -0.39 is 21.9 Å². The topological polar surface area (TPSA) is 66.8 Å². The molecule has 2 aromatic carbocycles. The number of nitrogens with zero attached hydrogens (tertiary/aromatic N) is 1. The molecule has 0 aromatic heterocycles. The van der Waals surface area contributed by atoms with E-state index in [0.29, 0.717) is 23.4 Å². The zero-order valence-electron chi connectivity index (χ0n) is 12.4. The van der Waals surface area contributed by atoms with Crippen LogP contribution in [0.2, 0.25) is 0 Å². The Balaban J connectivity index is 2.10. The predicted octanol–water partition coefficient (Wildman–Crippen LogP) is 2.47. The Morgan fingerprint density at radius 3 is 2.57 bits per heavy atom. The average molecular weight is 337 g/mol. The molecule has 0 spiro atoms. The molecule has 1 aliphatic rings. The third-order valence-electron chi connectivity index (χ3n) is 3.87. The van der Waals surface area contributed by atoms with Crippen molar-refractivity contribution < 1.29 is 22.7 Å². The molecule has 0 saturated heterocycles. The molecule has 3 rings (SSSR count). The number of hydrogen-bond donors (Lipinski definition) is 1. The average Bonchev–Trinajstić information content (AvgIpc) is 2.55. The van der Waals surface area contributed by atoms with Gasteiger partial charge in [0.25, 0.3) is 10.0 Å². The molecule has 1 aliphatic heterocycles. The molecule has 0 saturated carbocycles. The van der Waals surface area contributed by atoms with Crippen LogP contribution in [0.15, 0.2) is 47.4 Å². The van der Waals surface area contributed by atoms with Gasteiger partial charge in [0.2, 0.25) is 0 Å². The van der Waals surface area contributed by atoms with E-state index in [4.69, 9.17) is 4.74 Å². The van der Waals surface area contributed by atoms with Crippen molar-refractivity contribution in [2.45, 2.75) is 17.4 Å². The molecule has 0 fully saturated rings. The van der Waals surface area contributed by atoms with Crippen LogP contribution in [-0.4, -0.2) is 27.2 Å². The fourth-order valence-corrected chi connectivity index (χ4v) is 4.14. The monoisotopic (exact) mass is 337 g/mol. The predicted molar refractivity (Wildman–Crippen MR) is 83.5 cm³/mol. The lowest BCUT2D eigenvalue weighted by Crippen LogP contribution is -2.36. The summed E-state index contributed by atoms with van der Waals surface area (Å²) in [4.78, 5) is 0.00376. The second-order valence-corrected chi connectivity index (χ2v) is 7.12. The first-order chi connectivity index (χ1) is 10.9. The van der Waals surface area contributed by atoms with Crippen molar-refractivity contribution in [1.29, 1.82) is 0 Å². The van der Waals surface area contributed by atoms with E-state index in [1.165, 1.54) is 23.5 Å². The first-order valence-electron chi connectivity index (χ1n) is 7.08. The summed E-state index contributed by atoms with van der Waals surface area (Å²) in [5.74, 6) is -0.00255. The summed E-state index contributed by atoms with van der Waals surface area (Å²) in [5.41, 5.74) is 0.912. The van der Waals surface area contributed by atoms with Crippen LogP contribution in [0.3, 0.4) is 0 Å². The molecule has 1 atom stereocenters. The van der Waals surface area contributed by atoms with Crippen LogP contribution in [0.4, 0.5) is 10.1 Å². The van der Waals surface area contributed by atoms with Crippen LogP contribution in [-0.2, 0) is 10.0 Å². The van der Waals surface area contributed by atoms with Gasteiger partial charge in [-0.25, -0.2) is 12.8 Å². The number of aliphatic hydroxyl groups is 1. The first-order valence-corrected chi connectivity index (χ1v) is 8.52. The Kier molecular flexibility index (Phi) is 3.99. The summed E-state index contributed by atoms with van der Waals surface area (Å²) in [6, 6.07) is 9.60. The van der Waals surface area contributed by atoms with E-state index >= 15 is 0 Å². The molecule has 1 heterocycles. The highest BCUT2D eigenvalue weighted by Gasteiger charge is 2.32. The van der Waals surface area contributed by atoms with Gasteiger partial charge >= 0.3 is 0 Å². The van der Waals surface area contributed by atoms with Crippen molar-refractivity contribution in [3.63, 3.8) is 0 Å². The second kappa shape index (κ2) is 5.82. The smallest absolute Gasteiger partial charge is 0.264 e. The van der Waals surface area contributed by atoms with Gasteiger partial charge in [0.05, 0.1) is 23.8 Å². The molecule has 2 aromatic rings. The normalized spacial score (nSPS) is 17.7. The molecular weight excluding hydrogens is 321 g/mol. The van der Waals surface area contributed by atoms with E-state index in [-0.39, 0.29) is 11.4 Å². The summed E-state index contributed by atoms with van der Waals surface area (Å²) in [5, 5.41) is 10.1. The van der Waals surface area contributed by atoms with Crippen LogP contribution >= 0.6 is 0 Å². The van der Waals surface area contributed by atoms with Crippen molar-refractivity contribution in [3.05, 3.63) is 53.8 Å². The van der Waals surface area contributed by atoms with E-state index in [0.717, 1.165) is 12.1 Å². The number of ether oxygens (including phenoxy) is 1. The van der Waals surface area contributed by atoms with Crippen molar-refractivity contribution in [2.24, 2.45) is 0 Å². The zero-order chi connectivity index (χ0) is 16.6. The summed E-state index contributed by atoms with van der Waals surface area (Å²) in [7, 11) is -2.35. The molecule has 0 radical (unpaired) electrons. The minimum Gasteiger partial charge on any atom is -0.497 e. The molecule has 0 bridgehead atoms. The van der Waals surface area contributed by atoms with Crippen LogP contribution in [0, 0.1) is 5.82 Å². The minimum absolute atomic E-state index is 0.00376. The Labute approximate surface area is 134 Å². The summed E-state index contributed by atoms with van der Waals surface area (Å²) < 4.78 is 45.1. The van der Waals surface area contributed by atoms with Gasteiger partial charge in [-0.1, -0.05) is 6.07 Å².